The summed E-state index contributed by atoms with van der Waals surface area (Å²) < 4.78 is 0. The summed E-state index contributed by atoms with van der Waals surface area (Å²) in [4.78, 5) is 18.3. The molecule has 0 spiro atoms. The minimum absolute atomic E-state index is 0.0128. The number of hydrogen-bond acceptors (Lipinski definition) is 4. The number of aliphatic hydroxyl groups is 1. The fraction of sp³-hybridized carbons (Fsp3) is 0.571. The first kappa shape index (κ1) is 15.1. The first-order valence-corrected chi connectivity index (χ1v) is 7.32. The minimum Gasteiger partial charge on any atom is -0.392 e. The highest BCUT2D eigenvalue weighted by atomic mass is 35.5. The lowest BCUT2D eigenvalue weighted by Crippen LogP contribution is -2.35. The molecule has 110 valence electrons. The summed E-state index contributed by atoms with van der Waals surface area (Å²) in [5.41, 5.74) is 0.513. The predicted octanol–water partition coefficient (Wildman–Crippen LogP) is 2.15. The van der Waals surface area contributed by atoms with Crippen molar-refractivity contribution in [3.05, 3.63) is 22.8 Å². The molecule has 1 aliphatic heterocycles. The van der Waals surface area contributed by atoms with Gasteiger partial charge in [-0.2, -0.15) is 0 Å². The summed E-state index contributed by atoms with van der Waals surface area (Å²) in [6, 6.07) is 1.63. The molecule has 1 aliphatic rings. The first-order chi connectivity index (χ1) is 9.58. The van der Waals surface area contributed by atoms with Gasteiger partial charge in [-0.25, -0.2) is 4.98 Å². The molecule has 0 radical (unpaired) electrons. The van der Waals surface area contributed by atoms with E-state index in [1.54, 1.807) is 13.0 Å². The van der Waals surface area contributed by atoms with Gasteiger partial charge in [0.05, 0.1) is 16.7 Å². The SMILES string of the molecule is CC(O)CNc1ncc(C(=O)N2CCCCC2)cc1Cl. The van der Waals surface area contributed by atoms with Crippen molar-refractivity contribution in [3.63, 3.8) is 0 Å². The number of piperidine rings is 1. The number of nitrogens with one attached hydrogen (secondary N) is 1. The summed E-state index contributed by atoms with van der Waals surface area (Å²) in [7, 11) is 0. The number of rotatable bonds is 4. The Kier molecular flexibility index (Phi) is 5.20. The molecular weight excluding hydrogens is 278 g/mol. The molecule has 0 aliphatic carbocycles. The molecule has 6 heteroatoms. The number of pyridine rings is 1. The van der Waals surface area contributed by atoms with Crippen LogP contribution in [0, 0.1) is 0 Å². The Morgan fingerprint density at radius 1 is 1.50 bits per heavy atom. The lowest BCUT2D eigenvalue weighted by atomic mass is 10.1. The van der Waals surface area contributed by atoms with E-state index in [-0.39, 0.29) is 5.91 Å². The zero-order valence-corrected chi connectivity index (χ0v) is 12.4. The highest BCUT2D eigenvalue weighted by Gasteiger charge is 2.19. The third kappa shape index (κ3) is 3.84. The van der Waals surface area contributed by atoms with E-state index < -0.39 is 6.10 Å². The molecule has 1 aromatic rings. The second-order valence-electron chi connectivity index (χ2n) is 5.14. The van der Waals surface area contributed by atoms with Gasteiger partial charge in [0.2, 0.25) is 0 Å². The van der Waals surface area contributed by atoms with Gasteiger partial charge in [-0.1, -0.05) is 11.6 Å². The number of aromatic nitrogens is 1. The van der Waals surface area contributed by atoms with Crippen LogP contribution >= 0.6 is 11.6 Å². The molecule has 0 aromatic carbocycles. The minimum atomic E-state index is -0.484. The zero-order chi connectivity index (χ0) is 14.5. The van der Waals surface area contributed by atoms with E-state index in [9.17, 15) is 9.90 Å². The van der Waals surface area contributed by atoms with Crippen molar-refractivity contribution in [3.8, 4) is 0 Å². The molecule has 1 atom stereocenters. The smallest absolute Gasteiger partial charge is 0.255 e. The van der Waals surface area contributed by atoms with Crippen molar-refractivity contribution in [1.82, 2.24) is 9.88 Å². The average Bonchev–Trinajstić information content (AvgIpc) is 2.46. The van der Waals surface area contributed by atoms with Gasteiger partial charge >= 0.3 is 0 Å². The van der Waals surface area contributed by atoms with Crippen LogP contribution in [0.3, 0.4) is 0 Å². The van der Waals surface area contributed by atoms with Gasteiger partial charge in [-0.3, -0.25) is 4.79 Å². The number of nitrogens with zero attached hydrogens (tertiary/aromatic N) is 2. The molecule has 0 bridgehead atoms. The Labute approximate surface area is 123 Å². The monoisotopic (exact) mass is 297 g/mol. The number of likely N-dealkylation sites (tertiary alicyclic amines) is 1. The molecule has 5 nitrogen and oxygen atoms in total. The van der Waals surface area contributed by atoms with Crippen molar-refractivity contribution < 1.29 is 9.90 Å². The second-order valence-corrected chi connectivity index (χ2v) is 5.54. The fourth-order valence-electron chi connectivity index (χ4n) is 2.21. The van der Waals surface area contributed by atoms with Crippen molar-refractivity contribution in [2.75, 3.05) is 25.0 Å². The maximum atomic E-state index is 12.3. The van der Waals surface area contributed by atoms with Crippen molar-refractivity contribution in [2.24, 2.45) is 0 Å². The van der Waals surface area contributed by atoms with Crippen LogP contribution in [0.5, 0.6) is 0 Å². The lowest BCUT2D eigenvalue weighted by molar-refractivity contribution is 0.0724. The molecule has 2 rings (SSSR count). The summed E-state index contributed by atoms with van der Waals surface area (Å²) in [5, 5.41) is 12.6. The number of halogens is 1. The summed E-state index contributed by atoms with van der Waals surface area (Å²) in [6.45, 7) is 3.65. The average molecular weight is 298 g/mol. The Hall–Kier alpha value is -1.33. The maximum Gasteiger partial charge on any atom is 0.255 e. The number of carbonyl (C=O) groups is 1. The number of amides is 1. The summed E-state index contributed by atoms with van der Waals surface area (Å²) in [5.74, 6) is 0.476. The van der Waals surface area contributed by atoms with Crippen molar-refractivity contribution in [1.29, 1.82) is 0 Å². The van der Waals surface area contributed by atoms with Crippen molar-refractivity contribution in [2.45, 2.75) is 32.3 Å². The van der Waals surface area contributed by atoms with Crippen LogP contribution in [-0.2, 0) is 0 Å². The van der Waals surface area contributed by atoms with E-state index in [0.717, 1.165) is 25.9 Å². The quantitative estimate of drug-likeness (QED) is 0.894. The Morgan fingerprint density at radius 2 is 2.20 bits per heavy atom. The number of aliphatic hydroxyl groups excluding tert-OH is 1. The largest absolute Gasteiger partial charge is 0.392 e. The van der Waals surface area contributed by atoms with Crippen LogP contribution in [0.25, 0.3) is 0 Å². The van der Waals surface area contributed by atoms with E-state index in [1.807, 2.05) is 4.90 Å². The van der Waals surface area contributed by atoms with Gasteiger partial charge in [-0.15, -0.1) is 0 Å². The normalized spacial score (nSPS) is 16.9. The van der Waals surface area contributed by atoms with Crippen LogP contribution in [0.4, 0.5) is 5.82 Å². The highest BCUT2D eigenvalue weighted by Crippen LogP contribution is 2.21. The first-order valence-electron chi connectivity index (χ1n) is 6.94. The molecular formula is C14H20ClN3O2. The van der Waals surface area contributed by atoms with Gasteiger partial charge in [-0.05, 0) is 32.3 Å². The highest BCUT2D eigenvalue weighted by molar-refractivity contribution is 6.33. The van der Waals surface area contributed by atoms with Gasteiger partial charge in [0.15, 0.2) is 0 Å². The number of hydrogen-bond donors (Lipinski definition) is 2. The number of carbonyl (C=O) groups excluding carboxylic acids is 1. The predicted molar refractivity (Wildman–Crippen MR) is 79.2 cm³/mol. The summed E-state index contributed by atoms with van der Waals surface area (Å²) >= 11 is 6.12. The van der Waals surface area contributed by atoms with Gasteiger partial charge < -0.3 is 15.3 Å². The molecule has 1 fully saturated rings. The van der Waals surface area contributed by atoms with E-state index in [0.29, 0.717) is 22.9 Å². The molecule has 1 unspecified atom stereocenters. The summed E-state index contributed by atoms with van der Waals surface area (Å²) in [6.07, 6.45) is 4.35. The lowest BCUT2D eigenvalue weighted by Gasteiger charge is -2.26. The van der Waals surface area contributed by atoms with Crippen LogP contribution in [0.15, 0.2) is 12.3 Å². The van der Waals surface area contributed by atoms with E-state index in [2.05, 4.69) is 10.3 Å². The standard InChI is InChI=1S/C14H20ClN3O2/c1-10(19)8-16-13-12(15)7-11(9-17-13)14(20)18-5-3-2-4-6-18/h7,9-10,19H,2-6,8H2,1H3,(H,16,17). The van der Waals surface area contributed by atoms with Crippen LogP contribution < -0.4 is 5.32 Å². The molecule has 1 amide bonds. The fourth-order valence-corrected chi connectivity index (χ4v) is 2.44. The second kappa shape index (κ2) is 6.90. The Balaban J connectivity index is 2.05. The number of anilines is 1. The third-order valence-corrected chi connectivity index (χ3v) is 3.58. The van der Waals surface area contributed by atoms with Crippen LogP contribution in [-0.4, -0.2) is 46.6 Å². The molecule has 2 N–H and O–H groups in total. The maximum absolute atomic E-state index is 12.3. The molecule has 2 heterocycles. The van der Waals surface area contributed by atoms with Gasteiger partial charge in [0, 0.05) is 25.8 Å². The molecule has 1 saturated heterocycles. The molecule has 20 heavy (non-hydrogen) atoms. The van der Waals surface area contributed by atoms with E-state index in [4.69, 9.17) is 11.6 Å². The van der Waals surface area contributed by atoms with Gasteiger partial charge in [0.25, 0.3) is 5.91 Å². The van der Waals surface area contributed by atoms with Crippen LogP contribution in [0.2, 0.25) is 5.02 Å². The third-order valence-electron chi connectivity index (χ3n) is 3.30. The molecule has 1 aromatic heterocycles. The van der Waals surface area contributed by atoms with Crippen LogP contribution in [0.1, 0.15) is 36.5 Å². The van der Waals surface area contributed by atoms with Gasteiger partial charge in [0.1, 0.15) is 5.82 Å². The Bertz CT molecular complexity index is 473. The zero-order valence-electron chi connectivity index (χ0n) is 11.6. The van der Waals surface area contributed by atoms with Crippen molar-refractivity contribution >= 4 is 23.3 Å². The Morgan fingerprint density at radius 3 is 2.80 bits per heavy atom. The molecule has 0 saturated carbocycles. The van der Waals surface area contributed by atoms with E-state index in [1.165, 1.54) is 12.6 Å². The topological polar surface area (TPSA) is 65.5 Å². The van der Waals surface area contributed by atoms with E-state index >= 15 is 0 Å².